The summed E-state index contributed by atoms with van der Waals surface area (Å²) in [5.41, 5.74) is 3.81. The number of methoxy groups -OCH3 is 1. The molecule has 4 aromatic rings. The molecule has 0 radical (unpaired) electrons. The Bertz CT molecular complexity index is 1150. The largest absolute Gasteiger partial charge is 0.481 e. The Morgan fingerprint density at radius 1 is 1.10 bits per heavy atom. The molecule has 0 aromatic carbocycles. The summed E-state index contributed by atoms with van der Waals surface area (Å²) in [5.74, 6) is 1.21. The average Bonchev–Trinajstić information content (AvgIpc) is 3.25. The molecule has 1 fully saturated rings. The van der Waals surface area contributed by atoms with Gasteiger partial charge in [-0.25, -0.2) is 24.9 Å². The molecule has 5 heterocycles. The van der Waals surface area contributed by atoms with Crippen molar-refractivity contribution >= 4 is 22.7 Å². The second kappa shape index (κ2) is 8.03. The van der Waals surface area contributed by atoms with Gasteiger partial charge in [-0.2, -0.15) is 0 Å². The van der Waals surface area contributed by atoms with Crippen LogP contribution in [-0.4, -0.2) is 43.2 Å². The van der Waals surface area contributed by atoms with Gasteiger partial charge in [-0.15, -0.1) is 0 Å². The highest BCUT2D eigenvalue weighted by atomic mass is 16.5. The molecule has 1 aliphatic rings. The van der Waals surface area contributed by atoms with E-state index in [9.17, 15) is 0 Å². The first kappa shape index (κ1) is 18.4. The van der Waals surface area contributed by atoms with E-state index >= 15 is 0 Å². The van der Waals surface area contributed by atoms with E-state index in [4.69, 9.17) is 9.47 Å². The molecule has 0 saturated carbocycles. The van der Waals surface area contributed by atoms with Crippen LogP contribution < -0.4 is 10.1 Å². The van der Waals surface area contributed by atoms with Crippen molar-refractivity contribution in [2.45, 2.75) is 25.5 Å². The van der Waals surface area contributed by atoms with Crippen LogP contribution in [0.2, 0.25) is 0 Å². The van der Waals surface area contributed by atoms with Crippen LogP contribution in [0.3, 0.4) is 0 Å². The van der Waals surface area contributed by atoms with E-state index in [2.05, 4.69) is 30.2 Å². The first-order chi connectivity index (χ1) is 14.8. The highest BCUT2D eigenvalue weighted by molar-refractivity contribution is 5.91. The minimum absolute atomic E-state index is 0.0385. The summed E-state index contributed by atoms with van der Waals surface area (Å²) in [6.45, 7) is 0.759. The van der Waals surface area contributed by atoms with E-state index in [0.717, 1.165) is 48.3 Å². The molecular weight excluding hydrogens is 382 g/mol. The van der Waals surface area contributed by atoms with Gasteiger partial charge in [-0.3, -0.25) is 4.57 Å². The number of fused-ring (bicyclic) bond motifs is 1. The monoisotopic (exact) mass is 403 g/mol. The Kier molecular flexibility index (Phi) is 4.94. The SMILES string of the molecule is COc1ccc(Nc2ncccc2-c2ncnc3c2ncn3C2CCCCO2)cn1. The second-order valence-corrected chi connectivity index (χ2v) is 6.98. The van der Waals surface area contributed by atoms with Gasteiger partial charge in [-0.05, 0) is 37.5 Å². The number of hydrogen-bond donors (Lipinski definition) is 1. The van der Waals surface area contributed by atoms with Gasteiger partial charge >= 0.3 is 0 Å². The van der Waals surface area contributed by atoms with Gasteiger partial charge in [0.25, 0.3) is 0 Å². The number of pyridine rings is 2. The van der Waals surface area contributed by atoms with E-state index in [0.29, 0.717) is 17.4 Å². The summed E-state index contributed by atoms with van der Waals surface area (Å²) >= 11 is 0. The Hall–Kier alpha value is -3.59. The van der Waals surface area contributed by atoms with Gasteiger partial charge < -0.3 is 14.8 Å². The Morgan fingerprint density at radius 2 is 2.07 bits per heavy atom. The zero-order valence-corrected chi connectivity index (χ0v) is 16.5. The van der Waals surface area contributed by atoms with Crippen molar-refractivity contribution in [3.63, 3.8) is 0 Å². The topological polar surface area (TPSA) is 99.9 Å². The maximum absolute atomic E-state index is 5.92. The molecule has 152 valence electrons. The molecule has 0 amide bonds. The first-order valence-electron chi connectivity index (χ1n) is 9.85. The minimum Gasteiger partial charge on any atom is -0.481 e. The van der Waals surface area contributed by atoms with Gasteiger partial charge in [0.15, 0.2) is 5.65 Å². The number of nitrogens with one attached hydrogen (secondary N) is 1. The molecule has 1 atom stereocenters. The number of anilines is 2. The standard InChI is InChI=1S/C21H21N7O2/c1-29-16-8-7-14(11-23-16)27-20-15(5-4-9-22-20)18-19-21(25-12-24-18)28(13-26-19)17-6-2-3-10-30-17/h4-5,7-9,11-13,17H,2-3,6,10H2,1H3,(H,22,27). The number of rotatable bonds is 5. The quantitative estimate of drug-likeness (QED) is 0.538. The van der Waals surface area contributed by atoms with Crippen LogP contribution in [0.15, 0.2) is 49.3 Å². The minimum atomic E-state index is -0.0385. The van der Waals surface area contributed by atoms with Gasteiger partial charge in [0.05, 0.1) is 25.3 Å². The number of ether oxygens (including phenoxy) is 2. The molecular formula is C21H21N7O2. The summed E-state index contributed by atoms with van der Waals surface area (Å²) in [4.78, 5) is 22.4. The fourth-order valence-electron chi connectivity index (χ4n) is 3.61. The molecule has 9 heteroatoms. The summed E-state index contributed by atoms with van der Waals surface area (Å²) in [7, 11) is 1.59. The van der Waals surface area contributed by atoms with Gasteiger partial charge in [0.2, 0.25) is 5.88 Å². The Morgan fingerprint density at radius 3 is 2.87 bits per heavy atom. The molecule has 30 heavy (non-hydrogen) atoms. The lowest BCUT2D eigenvalue weighted by molar-refractivity contribution is -0.0298. The third-order valence-electron chi connectivity index (χ3n) is 5.10. The number of hydrogen-bond acceptors (Lipinski definition) is 8. The van der Waals surface area contributed by atoms with Crippen molar-refractivity contribution in [2.24, 2.45) is 0 Å². The molecule has 0 bridgehead atoms. The van der Waals surface area contributed by atoms with Gasteiger partial charge in [0.1, 0.15) is 29.6 Å². The van der Waals surface area contributed by atoms with Crippen LogP contribution >= 0.6 is 0 Å². The Labute approximate surface area is 173 Å². The smallest absolute Gasteiger partial charge is 0.213 e. The zero-order valence-electron chi connectivity index (χ0n) is 16.5. The van der Waals surface area contributed by atoms with E-state index in [1.165, 1.54) is 0 Å². The third-order valence-corrected chi connectivity index (χ3v) is 5.10. The van der Waals surface area contributed by atoms with E-state index in [1.807, 2.05) is 22.8 Å². The fourth-order valence-corrected chi connectivity index (χ4v) is 3.61. The van der Waals surface area contributed by atoms with E-state index < -0.39 is 0 Å². The number of imidazole rings is 1. The van der Waals surface area contributed by atoms with Crippen LogP contribution in [0, 0.1) is 0 Å². The van der Waals surface area contributed by atoms with Crippen molar-refractivity contribution in [1.82, 2.24) is 29.5 Å². The molecule has 1 saturated heterocycles. The zero-order chi connectivity index (χ0) is 20.3. The molecule has 1 N–H and O–H groups in total. The highest BCUT2D eigenvalue weighted by Crippen LogP contribution is 2.33. The number of nitrogens with zero attached hydrogens (tertiary/aromatic N) is 6. The predicted octanol–water partition coefficient (Wildman–Crippen LogP) is 3.73. The van der Waals surface area contributed by atoms with Crippen LogP contribution in [0.5, 0.6) is 5.88 Å². The lowest BCUT2D eigenvalue weighted by atomic mass is 10.1. The predicted molar refractivity (Wildman–Crippen MR) is 111 cm³/mol. The second-order valence-electron chi connectivity index (χ2n) is 6.98. The fraction of sp³-hybridized carbons (Fsp3) is 0.286. The van der Waals surface area contributed by atoms with E-state index in [-0.39, 0.29) is 6.23 Å². The van der Waals surface area contributed by atoms with Crippen LogP contribution in [0.1, 0.15) is 25.5 Å². The maximum atomic E-state index is 5.92. The van der Waals surface area contributed by atoms with Crippen molar-refractivity contribution in [3.8, 4) is 17.1 Å². The molecule has 0 spiro atoms. The molecule has 1 aliphatic heterocycles. The molecule has 0 aliphatic carbocycles. The normalized spacial score (nSPS) is 16.5. The summed E-state index contributed by atoms with van der Waals surface area (Å²) in [6, 6.07) is 7.51. The van der Waals surface area contributed by atoms with Crippen molar-refractivity contribution in [2.75, 3.05) is 19.0 Å². The van der Waals surface area contributed by atoms with Crippen LogP contribution in [0.4, 0.5) is 11.5 Å². The summed E-state index contributed by atoms with van der Waals surface area (Å²) in [5, 5.41) is 3.31. The summed E-state index contributed by atoms with van der Waals surface area (Å²) < 4.78 is 13.0. The maximum Gasteiger partial charge on any atom is 0.213 e. The van der Waals surface area contributed by atoms with Crippen molar-refractivity contribution in [1.29, 1.82) is 0 Å². The Balaban J connectivity index is 1.53. The lowest BCUT2D eigenvalue weighted by Crippen LogP contribution is -2.17. The molecule has 9 nitrogen and oxygen atoms in total. The molecule has 5 rings (SSSR count). The van der Waals surface area contributed by atoms with Gasteiger partial charge in [-0.1, -0.05) is 0 Å². The van der Waals surface area contributed by atoms with Crippen LogP contribution in [-0.2, 0) is 4.74 Å². The van der Waals surface area contributed by atoms with Crippen LogP contribution in [0.25, 0.3) is 22.4 Å². The molecule has 1 unspecified atom stereocenters. The molecule has 4 aromatic heterocycles. The third kappa shape index (κ3) is 3.43. The highest BCUT2D eigenvalue weighted by Gasteiger charge is 2.21. The van der Waals surface area contributed by atoms with Crippen molar-refractivity contribution in [3.05, 3.63) is 49.3 Å². The summed E-state index contributed by atoms with van der Waals surface area (Å²) in [6.07, 6.45) is 9.92. The van der Waals surface area contributed by atoms with Crippen molar-refractivity contribution < 1.29 is 9.47 Å². The van der Waals surface area contributed by atoms with E-state index in [1.54, 1.807) is 38.2 Å². The average molecular weight is 403 g/mol. The first-order valence-corrected chi connectivity index (χ1v) is 9.85. The number of aromatic nitrogens is 6. The lowest BCUT2D eigenvalue weighted by Gasteiger charge is -2.23. The van der Waals surface area contributed by atoms with Gasteiger partial charge in [0, 0.05) is 24.4 Å².